The molecule has 0 N–H and O–H groups in total. The molecule has 1 aliphatic carbocycles. The van der Waals surface area contributed by atoms with Crippen LogP contribution in [-0.4, -0.2) is 9.97 Å². The average Bonchev–Trinajstić information content (AvgIpc) is 3.59. The molecule has 0 saturated carbocycles. The third kappa shape index (κ3) is 4.74. The van der Waals surface area contributed by atoms with Crippen LogP contribution in [0.1, 0.15) is 22.3 Å². The van der Waals surface area contributed by atoms with Gasteiger partial charge in [0, 0.05) is 27.8 Å². The van der Waals surface area contributed by atoms with Crippen molar-refractivity contribution in [2.24, 2.45) is 0 Å². The SMILES string of the molecule is c1ccc2c(c1)Oc1ccccc1C21c2ccccc2-c2c(-c3ccc(-c4cc(-c5cccc6ccccc56)nc(-c5cccc6ccccc56)n4)cc3)cccc21. The van der Waals surface area contributed by atoms with E-state index >= 15 is 0 Å². The van der Waals surface area contributed by atoms with E-state index in [4.69, 9.17) is 14.7 Å². The van der Waals surface area contributed by atoms with E-state index in [1.54, 1.807) is 0 Å². The van der Waals surface area contributed by atoms with E-state index in [0.29, 0.717) is 5.82 Å². The number of para-hydroxylation sites is 2. The summed E-state index contributed by atoms with van der Waals surface area (Å²) in [5.41, 5.74) is 14.1. The number of benzene rings is 9. The summed E-state index contributed by atoms with van der Waals surface area (Å²) in [6, 6.07) is 73.6. The van der Waals surface area contributed by atoms with Crippen LogP contribution in [0.15, 0.2) is 206 Å². The van der Waals surface area contributed by atoms with E-state index in [1.807, 2.05) is 0 Å². The van der Waals surface area contributed by atoms with Crippen LogP contribution in [-0.2, 0) is 5.41 Å². The summed E-state index contributed by atoms with van der Waals surface area (Å²) in [6.45, 7) is 0. The van der Waals surface area contributed by atoms with Gasteiger partial charge in [-0.15, -0.1) is 0 Å². The maximum Gasteiger partial charge on any atom is 0.161 e. The standard InChI is InChI=1S/C55H34N2O/c1-3-18-39-35(14-1)16-11-22-42(39)50-34-49(56-54(57-50)43-23-12-17-36-15-2-4-19-40(36)43)38-32-30-37(31-33-38)41-21-13-27-48-53(41)44-20-5-6-24-45(44)55(48)46-25-7-9-28-51(46)58-52-29-10-8-26-47(52)55/h1-34H. The number of ether oxygens (including phenoxy) is 1. The zero-order valence-corrected chi connectivity index (χ0v) is 31.4. The highest BCUT2D eigenvalue weighted by atomic mass is 16.5. The molecule has 0 fully saturated rings. The third-order valence-corrected chi connectivity index (χ3v) is 12.2. The van der Waals surface area contributed by atoms with Crippen LogP contribution in [0.4, 0.5) is 0 Å². The van der Waals surface area contributed by atoms with Gasteiger partial charge in [0.25, 0.3) is 0 Å². The van der Waals surface area contributed by atoms with E-state index < -0.39 is 5.41 Å². The Morgan fingerprint density at radius 1 is 0.345 bits per heavy atom. The van der Waals surface area contributed by atoms with Gasteiger partial charge in [-0.25, -0.2) is 9.97 Å². The molecule has 10 aromatic rings. The molecule has 3 heteroatoms. The number of aromatic nitrogens is 2. The molecule has 1 aromatic heterocycles. The third-order valence-electron chi connectivity index (χ3n) is 12.2. The molecule has 1 aliphatic heterocycles. The quantitative estimate of drug-likeness (QED) is 0.180. The summed E-state index contributed by atoms with van der Waals surface area (Å²) in [5.74, 6) is 2.50. The maximum atomic E-state index is 6.57. The lowest BCUT2D eigenvalue weighted by atomic mass is 9.66. The van der Waals surface area contributed by atoms with Crippen LogP contribution in [0.2, 0.25) is 0 Å². The Kier molecular flexibility index (Phi) is 7.14. The lowest BCUT2D eigenvalue weighted by molar-refractivity contribution is 0.436. The van der Waals surface area contributed by atoms with E-state index in [-0.39, 0.29) is 0 Å². The van der Waals surface area contributed by atoms with Crippen LogP contribution >= 0.6 is 0 Å². The van der Waals surface area contributed by atoms with Gasteiger partial charge in [0.1, 0.15) is 11.5 Å². The van der Waals surface area contributed by atoms with Gasteiger partial charge in [0.2, 0.25) is 0 Å². The smallest absolute Gasteiger partial charge is 0.161 e. The summed E-state index contributed by atoms with van der Waals surface area (Å²) in [7, 11) is 0. The van der Waals surface area contributed by atoms with Gasteiger partial charge in [0.15, 0.2) is 5.82 Å². The average molecular weight is 739 g/mol. The van der Waals surface area contributed by atoms with Crippen molar-refractivity contribution in [3.8, 4) is 67.7 Å². The predicted octanol–water partition coefficient (Wildman–Crippen LogP) is 13.9. The minimum Gasteiger partial charge on any atom is -0.457 e. The van der Waals surface area contributed by atoms with Gasteiger partial charge in [-0.1, -0.05) is 188 Å². The summed E-state index contributed by atoms with van der Waals surface area (Å²) in [5, 5.41) is 4.64. The van der Waals surface area contributed by atoms with Gasteiger partial charge < -0.3 is 4.74 Å². The molecule has 3 nitrogen and oxygen atoms in total. The second-order valence-corrected chi connectivity index (χ2v) is 15.2. The fourth-order valence-corrected chi connectivity index (χ4v) is 9.69. The van der Waals surface area contributed by atoms with Crippen LogP contribution < -0.4 is 4.74 Å². The lowest BCUT2D eigenvalue weighted by Crippen LogP contribution is -2.32. The summed E-state index contributed by atoms with van der Waals surface area (Å²) < 4.78 is 6.57. The van der Waals surface area contributed by atoms with Crippen molar-refractivity contribution in [2.45, 2.75) is 5.41 Å². The molecule has 2 heterocycles. The molecular formula is C55H34N2O. The van der Waals surface area contributed by atoms with Crippen LogP contribution in [0.25, 0.3) is 77.7 Å². The molecule has 0 amide bonds. The van der Waals surface area contributed by atoms with E-state index in [1.165, 1.54) is 49.7 Å². The summed E-state index contributed by atoms with van der Waals surface area (Å²) in [6.07, 6.45) is 0. The topological polar surface area (TPSA) is 35.0 Å². The van der Waals surface area contributed by atoms with Crippen LogP contribution in [0, 0.1) is 0 Å². The largest absolute Gasteiger partial charge is 0.457 e. The molecular weight excluding hydrogens is 705 g/mol. The van der Waals surface area contributed by atoms with Crippen molar-refractivity contribution < 1.29 is 4.74 Å². The van der Waals surface area contributed by atoms with E-state index in [9.17, 15) is 0 Å². The normalized spacial score (nSPS) is 13.1. The molecule has 0 saturated heterocycles. The second kappa shape index (κ2) is 12.7. The Hall–Kier alpha value is -7.62. The van der Waals surface area contributed by atoms with Crippen molar-refractivity contribution in [2.75, 3.05) is 0 Å². The number of rotatable bonds is 4. The lowest BCUT2D eigenvalue weighted by Gasteiger charge is -2.39. The zero-order chi connectivity index (χ0) is 38.2. The van der Waals surface area contributed by atoms with Crippen molar-refractivity contribution in [1.29, 1.82) is 0 Å². The Morgan fingerprint density at radius 2 is 0.828 bits per heavy atom. The van der Waals surface area contributed by atoms with Gasteiger partial charge in [0.05, 0.1) is 16.8 Å². The molecule has 2 aliphatic rings. The van der Waals surface area contributed by atoms with Gasteiger partial charge >= 0.3 is 0 Å². The number of hydrogen-bond donors (Lipinski definition) is 0. The van der Waals surface area contributed by atoms with Crippen molar-refractivity contribution >= 4 is 21.5 Å². The number of hydrogen-bond acceptors (Lipinski definition) is 3. The highest BCUT2D eigenvalue weighted by molar-refractivity contribution is 5.99. The van der Waals surface area contributed by atoms with Crippen molar-refractivity contribution in [1.82, 2.24) is 9.97 Å². The highest BCUT2D eigenvalue weighted by Gasteiger charge is 2.51. The fraction of sp³-hybridized carbons (Fsp3) is 0.0182. The first kappa shape index (κ1) is 32.6. The Morgan fingerprint density at radius 3 is 1.55 bits per heavy atom. The fourth-order valence-electron chi connectivity index (χ4n) is 9.69. The molecule has 9 aromatic carbocycles. The molecule has 1 spiro atoms. The van der Waals surface area contributed by atoms with E-state index in [2.05, 4.69) is 206 Å². The van der Waals surface area contributed by atoms with Crippen molar-refractivity contribution in [3.63, 3.8) is 0 Å². The zero-order valence-electron chi connectivity index (χ0n) is 31.4. The van der Waals surface area contributed by atoms with Crippen LogP contribution in [0.3, 0.4) is 0 Å². The predicted molar refractivity (Wildman–Crippen MR) is 236 cm³/mol. The molecule has 58 heavy (non-hydrogen) atoms. The molecule has 270 valence electrons. The second-order valence-electron chi connectivity index (χ2n) is 15.2. The minimum atomic E-state index is -0.510. The number of fused-ring (bicyclic) bond motifs is 11. The van der Waals surface area contributed by atoms with Gasteiger partial charge in [-0.05, 0) is 73.1 Å². The molecule has 0 bridgehead atoms. The Balaban J connectivity index is 1.03. The van der Waals surface area contributed by atoms with Gasteiger partial charge in [-0.2, -0.15) is 0 Å². The first-order chi connectivity index (χ1) is 28.8. The maximum absolute atomic E-state index is 6.57. The first-order valence-corrected chi connectivity index (χ1v) is 19.8. The molecule has 0 atom stereocenters. The molecule has 0 radical (unpaired) electrons. The van der Waals surface area contributed by atoms with E-state index in [0.717, 1.165) is 55.9 Å². The molecule has 0 unspecified atom stereocenters. The van der Waals surface area contributed by atoms with Gasteiger partial charge in [-0.3, -0.25) is 0 Å². The highest BCUT2D eigenvalue weighted by Crippen LogP contribution is 2.63. The monoisotopic (exact) mass is 738 g/mol. The summed E-state index contributed by atoms with van der Waals surface area (Å²) in [4.78, 5) is 10.6. The Bertz CT molecular complexity index is 3120. The Labute approximate surface area is 336 Å². The van der Waals surface area contributed by atoms with Crippen LogP contribution in [0.5, 0.6) is 11.5 Å². The summed E-state index contributed by atoms with van der Waals surface area (Å²) >= 11 is 0. The van der Waals surface area contributed by atoms with Crippen molar-refractivity contribution in [3.05, 3.63) is 229 Å². The minimum absolute atomic E-state index is 0.510. The molecule has 12 rings (SSSR count). The number of nitrogens with zero attached hydrogens (tertiary/aromatic N) is 2. The first-order valence-electron chi connectivity index (χ1n) is 19.8.